The molecule has 20 heavy (non-hydrogen) atoms. The Bertz CT molecular complexity index is 404. The van der Waals surface area contributed by atoms with Crippen molar-refractivity contribution in [3.8, 4) is 0 Å². The number of alkyl halides is 3. The lowest BCUT2D eigenvalue weighted by molar-refractivity contribution is -0.138. The summed E-state index contributed by atoms with van der Waals surface area (Å²) in [5.74, 6) is 0. The molecule has 1 aromatic rings. The third kappa shape index (κ3) is 4.18. The molecule has 0 bridgehead atoms. The number of pyridine rings is 1. The van der Waals surface area contributed by atoms with Crippen molar-refractivity contribution in [2.45, 2.75) is 45.0 Å². The van der Waals surface area contributed by atoms with E-state index >= 15 is 0 Å². The van der Waals surface area contributed by atoms with Gasteiger partial charge >= 0.3 is 6.18 Å². The summed E-state index contributed by atoms with van der Waals surface area (Å²) >= 11 is 0. The quantitative estimate of drug-likeness (QED) is 0.833. The van der Waals surface area contributed by atoms with Gasteiger partial charge in [-0.2, -0.15) is 13.2 Å². The summed E-state index contributed by atoms with van der Waals surface area (Å²) in [4.78, 5) is 3.83. The maximum atomic E-state index is 13.1. The van der Waals surface area contributed by atoms with Gasteiger partial charge in [0.05, 0.1) is 17.7 Å². The van der Waals surface area contributed by atoms with Crippen LogP contribution in [0.4, 0.5) is 13.2 Å². The van der Waals surface area contributed by atoms with E-state index < -0.39 is 17.8 Å². The largest absolute Gasteiger partial charge is 0.416 e. The van der Waals surface area contributed by atoms with Crippen LogP contribution in [0, 0.1) is 0 Å². The van der Waals surface area contributed by atoms with Crippen LogP contribution >= 0.6 is 0 Å². The molecule has 0 aliphatic rings. The molecule has 0 saturated carbocycles. The molecular weight excluding hydrogens is 269 g/mol. The molecule has 0 radical (unpaired) electrons. The van der Waals surface area contributed by atoms with Crippen molar-refractivity contribution in [3.05, 3.63) is 29.6 Å². The van der Waals surface area contributed by atoms with E-state index in [2.05, 4.69) is 10.3 Å². The topological polar surface area (TPSA) is 34.1 Å². The third-order valence-electron chi connectivity index (χ3n) is 3.13. The smallest absolute Gasteiger partial charge is 0.377 e. The second kappa shape index (κ2) is 7.59. The minimum atomic E-state index is -4.39. The summed E-state index contributed by atoms with van der Waals surface area (Å²) < 4.78 is 44.9. The molecule has 1 aromatic heterocycles. The molecule has 1 heterocycles. The van der Waals surface area contributed by atoms with Crippen molar-refractivity contribution in [1.82, 2.24) is 10.3 Å². The van der Waals surface area contributed by atoms with Gasteiger partial charge in [0.1, 0.15) is 0 Å². The van der Waals surface area contributed by atoms with Crippen molar-refractivity contribution in [3.63, 3.8) is 0 Å². The van der Waals surface area contributed by atoms with Gasteiger partial charge in [-0.15, -0.1) is 0 Å². The Balaban J connectivity index is 3.17. The zero-order chi connectivity index (χ0) is 15.2. The first kappa shape index (κ1) is 16.9. The van der Waals surface area contributed by atoms with E-state index in [1.54, 1.807) is 7.05 Å². The zero-order valence-electron chi connectivity index (χ0n) is 12.0. The van der Waals surface area contributed by atoms with Crippen LogP contribution < -0.4 is 5.32 Å². The lowest BCUT2D eigenvalue weighted by atomic mass is 9.95. The second-order valence-corrected chi connectivity index (χ2v) is 4.51. The molecule has 3 nitrogen and oxygen atoms in total. The van der Waals surface area contributed by atoms with Gasteiger partial charge in [-0.05, 0) is 26.5 Å². The van der Waals surface area contributed by atoms with Crippen molar-refractivity contribution in [2.24, 2.45) is 0 Å². The van der Waals surface area contributed by atoms with Gasteiger partial charge in [-0.1, -0.05) is 13.3 Å². The van der Waals surface area contributed by atoms with E-state index in [1.165, 1.54) is 6.20 Å². The number of aromatic nitrogens is 1. The van der Waals surface area contributed by atoms with Crippen LogP contribution in [0.2, 0.25) is 0 Å². The minimum absolute atomic E-state index is 0.134. The van der Waals surface area contributed by atoms with Gasteiger partial charge < -0.3 is 10.1 Å². The lowest BCUT2D eigenvalue weighted by Crippen LogP contribution is -2.33. The normalized spacial score (nSPS) is 15.1. The fourth-order valence-electron chi connectivity index (χ4n) is 2.30. The summed E-state index contributed by atoms with van der Waals surface area (Å²) in [5, 5.41) is 2.94. The molecule has 2 unspecified atom stereocenters. The van der Waals surface area contributed by atoms with Gasteiger partial charge in [0.2, 0.25) is 0 Å². The minimum Gasteiger partial charge on any atom is -0.377 e. The van der Waals surface area contributed by atoms with Crippen LogP contribution in [0.5, 0.6) is 0 Å². The molecule has 0 spiro atoms. The second-order valence-electron chi connectivity index (χ2n) is 4.51. The highest BCUT2D eigenvalue weighted by atomic mass is 19.4. The lowest BCUT2D eigenvalue weighted by Gasteiger charge is -2.28. The van der Waals surface area contributed by atoms with E-state index in [0.717, 1.165) is 18.7 Å². The maximum Gasteiger partial charge on any atom is 0.416 e. The average Bonchev–Trinajstić information content (AvgIpc) is 2.39. The first-order valence-electron chi connectivity index (χ1n) is 6.75. The number of halogens is 3. The Morgan fingerprint density at radius 2 is 2.05 bits per heavy atom. The fraction of sp³-hybridized carbons (Fsp3) is 0.643. The molecule has 0 aliphatic carbocycles. The maximum absolute atomic E-state index is 13.1. The average molecular weight is 290 g/mol. The number of likely N-dealkylation sites (N-methyl/N-ethyl adjacent to an activating group) is 1. The van der Waals surface area contributed by atoms with Gasteiger partial charge in [0.25, 0.3) is 0 Å². The number of nitrogens with one attached hydrogen (secondary N) is 1. The van der Waals surface area contributed by atoms with Crippen LogP contribution in [0.1, 0.15) is 43.9 Å². The molecule has 1 N–H and O–H groups in total. The van der Waals surface area contributed by atoms with Crippen molar-refractivity contribution in [2.75, 3.05) is 13.7 Å². The van der Waals surface area contributed by atoms with E-state index in [4.69, 9.17) is 4.74 Å². The predicted molar refractivity (Wildman–Crippen MR) is 71.4 cm³/mol. The standard InChI is InChI=1S/C14H21F3N2O/c1-4-6-12(20-5-2)13(18-3)10-9-19-8-7-11(10)14(15,16)17/h7-9,12-13,18H,4-6H2,1-3H3. The molecule has 0 saturated heterocycles. The van der Waals surface area contributed by atoms with E-state index in [9.17, 15) is 13.2 Å². The summed E-state index contributed by atoms with van der Waals surface area (Å²) in [6.45, 7) is 4.28. The summed E-state index contributed by atoms with van der Waals surface area (Å²) in [6.07, 6.45) is -0.743. The Labute approximate surface area is 117 Å². The Kier molecular flexibility index (Phi) is 6.42. The molecular formula is C14H21F3N2O. The Morgan fingerprint density at radius 1 is 1.35 bits per heavy atom. The molecule has 0 aromatic carbocycles. The first-order valence-corrected chi connectivity index (χ1v) is 6.75. The van der Waals surface area contributed by atoms with E-state index in [-0.39, 0.29) is 11.7 Å². The Hall–Kier alpha value is -1.14. The Morgan fingerprint density at radius 3 is 2.55 bits per heavy atom. The van der Waals surface area contributed by atoms with Crippen LogP contribution in [-0.2, 0) is 10.9 Å². The highest BCUT2D eigenvalue weighted by Gasteiger charge is 2.36. The van der Waals surface area contributed by atoms with Crippen LogP contribution in [0.25, 0.3) is 0 Å². The summed E-state index contributed by atoms with van der Waals surface area (Å²) in [6, 6.07) is 0.481. The summed E-state index contributed by atoms with van der Waals surface area (Å²) in [5.41, 5.74) is -0.526. The number of nitrogens with zero attached hydrogens (tertiary/aromatic N) is 1. The highest BCUT2D eigenvalue weighted by molar-refractivity contribution is 5.30. The van der Waals surface area contributed by atoms with Crippen LogP contribution in [0.15, 0.2) is 18.5 Å². The van der Waals surface area contributed by atoms with Gasteiger partial charge in [0.15, 0.2) is 0 Å². The SMILES string of the molecule is CCCC(OCC)C(NC)c1cnccc1C(F)(F)F. The van der Waals surface area contributed by atoms with Gasteiger partial charge in [0, 0.05) is 24.6 Å². The molecule has 6 heteroatoms. The van der Waals surface area contributed by atoms with Gasteiger partial charge in [-0.25, -0.2) is 0 Å². The predicted octanol–water partition coefficient (Wildman–Crippen LogP) is 3.57. The third-order valence-corrected chi connectivity index (χ3v) is 3.13. The molecule has 0 aliphatic heterocycles. The van der Waals surface area contributed by atoms with Crippen molar-refractivity contribution < 1.29 is 17.9 Å². The number of hydrogen-bond acceptors (Lipinski definition) is 3. The van der Waals surface area contributed by atoms with E-state index in [1.807, 2.05) is 13.8 Å². The molecule has 2 atom stereocenters. The fourth-order valence-corrected chi connectivity index (χ4v) is 2.30. The monoisotopic (exact) mass is 290 g/mol. The molecule has 0 amide bonds. The van der Waals surface area contributed by atoms with Crippen LogP contribution in [-0.4, -0.2) is 24.7 Å². The molecule has 1 rings (SSSR count). The zero-order valence-corrected chi connectivity index (χ0v) is 12.0. The molecule has 0 fully saturated rings. The number of rotatable bonds is 7. The molecule has 114 valence electrons. The number of ether oxygens (including phenoxy) is 1. The van der Waals surface area contributed by atoms with Crippen LogP contribution in [0.3, 0.4) is 0 Å². The summed E-state index contributed by atoms with van der Waals surface area (Å²) in [7, 11) is 1.64. The van der Waals surface area contributed by atoms with Crippen molar-refractivity contribution in [1.29, 1.82) is 0 Å². The highest BCUT2D eigenvalue weighted by Crippen LogP contribution is 2.35. The first-order chi connectivity index (χ1) is 9.45. The van der Waals surface area contributed by atoms with E-state index in [0.29, 0.717) is 13.0 Å². The number of hydrogen-bond donors (Lipinski definition) is 1. The van der Waals surface area contributed by atoms with Gasteiger partial charge in [-0.3, -0.25) is 4.98 Å². The van der Waals surface area contributed by atoms with Crippen molar-refractivity contribution >= 4 is 0 Å².